The van der Waals surface area contributed by atoms with Gasteiger partial charge in [-0.1, -0.05) is 5.16 Å². The first-order valence-electron chi connectivity index (χ1n) is 9.07. The van der Waals surface area contributed by atoms with E-state index in [1.54, 1.807) is 12.4 Å². The Balaban J connectivity index is 1.44. The van der Waals surface area contributed by atoms with Crippen LogP contribution >= 0.6 is 0 Å². The molecular formula is C20H23N5O. The molecule has 1 saturated heterocycles. The summed E-state index contributed by atoms with van der Waals surface area (Å²) in [5.41, 5.74) is 5.27. The molecule has 26 heavy (non-hydrogen) atoms. The number of hydrogen-bond donors (Lipinski definition) is 0. The Labute approximate surface area is 153 Å². The summed E-state index contributed by atoms with van der Waals surface area (Å²) >= 11 is 0. The summed E-state index contributed by atoms with van der Waals surface area (Å²) in [5.74, 6) is 1.39. The second-order valence-electron chi connectivity index (χ2n) is 6.92. The molecule has 0 saturated carbocycles. The van der Waals surface area contributed by atoms with E-state index in [-0.39, 0.29) is 0 Å². The second kappa shape index (κ2) is 7.33. The molecule has 0 radical (unpaired) electrons. The quantitative estimate of drug-likeness (QED) is 0.718. The molecule has 4 rings (SSSR count). The Morgan fingerprint density at radius 2 is 1.96 bits per heavy atom. The third-order valence-corrected chi connectivity index (χ3v) is 5.13. The van der Waals surface area contributed by atoms with Gasteiger partial charge in [-0.3, -0.25) is 19.9 Å². The van der Waals surface area contributed by atoms with Gasteiger partial charge in [-0.25, -0.2) is 0 Å². The van der Waals surface area contributed by atoms with Crippen LogP contribution in [0.1, 0.15) is 41.5 Å². The molecule has 0 aromatic carbocycles. The average molecular weight is 349 g/mol. The van der Waals surface area contributed by atoms with Crippen LogP contribution < -0.4 is 0 Å². The zero-order valence-electron chi connectivity index (χ0n) is 15.2. The van der Waals surface area contributed by atoms with Gasteiger partial charge in [-0.2, -0.15) is 0 Å². The van der Waals surface area contributed by atoms with E-state index < -0.39 is 0 Å². The van der Waals surface area contributed by atoms with Gasteiger partial charge in [-0.05, 0) is 63.4 Å². The first-order chi connectivity index (χ1) is 12.7. The van der Waals surface area contributed by atoms with Gasteiger partial charge in [0.15, 0.2) is 0 Å². The second-order valence-corrected chi connectivity index (χ2v) is 6.92. The van der Waals surface area contributed by atoms with Gasteiger partial charge in [0.05, 0.1) is 22.6 Å². The van der Waals surface area contributed by atoms with E-state index in [2.05, 4.69) is 37.1 Å². The molecule has 6 heteroatoms. The first kappa shape index (κ1) is 16.8. The zero-order valence-corrected chi connectivity index (χ0v) is 15.2. The van der Waals surface area contributed by atoms with Crippen molar-refractivity contribution in [1.29, 1.82) is 0 Å². The molecule has 1 aliphatic heterocycles. The standard InChI is InChI=1S/C20H23N5O/c1-14-20(15(2)26-24-14)19-11-17(3-6-23-19)16-4-9-25(10-5-16)13-18-12-21-7-8-22-18/h3,6-8,11-12,16H,4-5,9-10,13H2,1-2H3. The fourth-order valence-electron chi connectivity index (χ4n) is 3.75. The lowest BCUT2D eigenvalue weighted by molar-refractivity contribution is 0.202. The van der Waals surface area contributed by atoms with Crippen LogP contribution in [0.5, 0.6) is 0 Å². The minimum Gasteiger partial charge on any atom is -0.361 e. The van der Waals surface area contributed by atoms with Crippen molar-refractivity contribution in [2.24, 2.45) is 0 Å². The molecule has 6 nitrogen and oxygen atoms in total. The highest BCUT2D eigenvalue weighted by atomic mass is 16.5. The third-order valence-electron chi connectivity index (χ3n) is 5.13. The molecule has 3 aromatic rings. The Kier molecular flexibility index (Phi) is 4.75. The number of aryl methyl sites for hydroxylation is 2. The van der Waals surface area contributed by atoms with Gasteiger partial charge >= 0.3 is 0 Å². The number of nitrogens with zero attached hydrogens (tertiary/aromatic N) is 5. The van der Waals surface area contributed by atoms with Crippen LogP contribution in [0.25, 0.3) is 11.3 Å². The summed E-state index contributed by atoms with van der Waals surface area (Å²) in [6.45, 7) is 6.93. The van der Waals surface area contributed by atoms with Crippen molar-refractivity contribution in [3.8, 4) is 11.3 Å². The highest BCUT2D eigenvalue weighted by Crippen LogP contribution is 2.32. The molecule has 0 unspecified atom stereocenters. The Bertz CT molecular complexity index is 849. The largest absolute Gasteiger partial charge is 0.361 e. The number of hydrogen-bond acceptors (Lipinski definition) is 6. The van der Waals surface area contributed by atoms with E-state index in [4.69, 9.17) is 4.52 Å². The molecule has 1 fully saturated rings. The van der Waals surface area contributed by atoms with Crippen LogP contribution in [0, 0.1) is 13.8 Å². The number of piperidine rings is 1. The summed E-state index contributed by atoms with van der Waals surface area (Å²) in [6.07, 6.45) is 9.52. The van der Waals surface area contributed by atoms with Gasteiger partial charge in [0, 0.05) is 31.3 Å². The van der Waals surface area contributed by atoms with Crippen LogP contribution in [-0.2, 0) is 6.54 Å². The lowest BCUT2D eigenvalue weighted by Gasteiger charge is -2.31. The maximum atomic E-state index is 5.30. The van der Waals surface area contributed by atoms with E-state index in [0.29, 0.717) is 5.92 Å². The van der Waals surface area contributed by atoms with Gasteiger partial charge in [-0.15, -0.1) is 0 Å². The lowest BCUT2D eigenvalue weighted by atomic mass is 9.89. The summed E-state index contributed by atoms with van der Waals surface area (Å²) in [7, 11) is 0. The maximum Gasteiger partial charge on any atom is 0.143 e. The molecular weight excluding hydrogens is 326 g/mol. The predicted octanol–water partition coefficient (Wildman–Crippen LogP) is 3.52. The minimum absolute atomic E-state index is 0.565. The van der Waals surface area contributed by atoms with Gasteiger partial charge < -0.3 is 4.52 Å². The van der Waals surface area contributed by atoms with Gasteiger partial charge in [0.2, 0.25) is 0 Å². The van der Waals surface area contributed by atoms with Gasteiger partial charge in [0.25, 0.3) is 0 Å². The normalized spacial score (nSPS) is 16.1. The average Bonchev–Trinajstić information content (AvgIpc) is 3.02. The molecule has 0 amide bonds. The predicted molar refractivity (Wildman–Crippen MR) is 98.5 cm³/mol. The SMILES string of the molecule is Cc1noc(C)c1-c1cc(C2CCN(Cc3cnccn3)CC2)ccn1. The van der Waals surface area contributed by atoms with Crippen molar-refractivity contribution in [1.82, 2.24) is 25.0 Å². The Morgan fingerprint density at radius 3 is 2.65 bits per heavy atom. The fraction of sp³-hybridized carbons (Fsp3) is 0.400. The zero-order chi connectivity index (χ0) is 17.9. The molecule has 0 bridgehead atoms. The van der Waals surface area contributed by atoms with Crippen molar-refractivity contribution < 1.29 is 4.52 Å². The first-order valence-corrected chi connectivity index (χ1v) is 9.07. The van der Waals surface area contributed by atoms with E-state index in [0.717, 1.165) is 60.9 Å². The molecule has 1 aliphatic rings. The monoisotopic (exact) mass is 349 g/mol. The molecule has 0 aliphatic carbocycles. The van der Waals surface area contributed by atoms with Crippen molar-refractivity contribution in [2.45, 2.75) is 39.2 Å². The van der Waals surface area contributed by atoms with Crippen LogP contribution in [0.3, 0.4) is 0 Å². The maximum absolute atomic E-state index is 5.30. The highest BCUT2D eigenvalue weighted by molar-refractivity contribution is 5.64. The smallest absolute Gasteiger partial charge is 0.143 e. The highest BCUT2D eigenvalue weighted by Gasteiger charge is 2.22. The van der Waals surface area contributed by atoms with Crippen molar-refractivity contribution in [3.63, 3.8) is 0 Å². The van der Waals surface area contributed by atoms with Crippen LogP contribution in [0.2, 0.25) is 0 Å². The molecule has 0 atom stereocenters. The number of likely N-dealkylation sites (tertiary alicyclic amines) is 1. The topological polar surface area (TPSA) is 67.9 Å². The number of rotatable bonds is 4. The third kappa shape index (κ3) is 3.51. The van der Waals surface area contributed by atoms with E-state index in [1.807, 2.05) is 26.2 Å². The van der Waals surface area contributed by atoms with Crippen molar-refractivity contribution in [3.05, 3.63) is 59.6 Å². The molecule has 3 aromatic heterocycles. The van der Waals surface area contributed by atoms with Gasteiger partial charge in [0.1, 0.15) is 5.76 Å². The van der Waals surface area contributed by atoms with Crippen molar-refractivity contribution in [2.75, 3.05) is 13.1 Å². The van der Waals surface area contributed by atoms with E-state index >= 15 is 0 Å². The molecule has 134 valence electrons. The summed E-state index contributed by atoms with van der Waals surface area (Å²) in [6, 6.07) is 4.35. The summed E-state index contributed by atoms with van der Waals surface area (Å²) < 4.78 is 5.30. The summed E-state index contributed by atoms with van der Waals surface area (Å²) in [5, 5.41) is 4.05. The van der Waals surface area contributed by atoms with Crippen LogP contribution in [-0.4, -0.2) is 38.1 Å². The molecule has 4 heterocycles. The minimum atomic E-state index is 0.565. The van der Waals surface area contributed by atoms with E-state index in [9.17, 15) is 0 Å². The van der Waals surface area contributed by atoms with E-state index in [1.165, 1.54) is 5.56 Å². The van der Waals surface area contributed by atoms with Crippen molar-refractivity contribution >= 4 is 0 Å². The Hall–Kier alpha value is -2.60. The Morgan fingerprint density at radius 1 is 1.12 bits per heavy atom. The van der Waals surface area contributed by atoms with Crippen LogP contribution in [0.4, 0.5) is 0 Å². The molecule has 0 spiro atoms. The number of pyridine rings is 1. The lowest BCUT2D eigenvalue weighted by Crippen LogP contribution is -2.32. The van der Waals surface area contributed by atoms with Crippen LogP contribution in [0.15, 0.2) is 41.4 Å². The fourth-order valence-corrected chi connectivity index (χ4v) is 3.75. The summed E-state index contributed by atoms with van der Waals surface area (Å²) in [4.78, 5) is 15.5. The number of aromatic nitrogens is 4. The molecule has 0 N–H and O–H groups in total.